The van der Waals surface area contributed by atoms with E-state index in [0.717, 1.165) is 0 Å². The second-order valence-electron chi connectivity index (χ2n) is 7.28. The summed E-state index contributed by atoms with van der Waals surface area (Å²) in [6.07, 6.45) is -1.43. The van der Waals surface area contributed by atoms with Crippen molar-refractivity contribution in [2.45, 2.75) is 59.7 Å². The van der Waals surface area contributed by atoms with Crippen LogP contribution in [-0.2, 0) is 19.0 Å². The maximum Gasteiger partial charge on any atom is 0.416 e. The van der Waals surface area contributed by atoms with Gasteiger partial charge in [-0.2, -0.15) is 0 Å². The quantitative estimate of drug-likeness (QED) is 0.388. The minimum atomic E-state index is -1.61. The molecule has 148 valence electrons. The second-order valence-corrected chi connectivity index (χ2v) is 8.93. The van der Waals surface area contributed by atoms with E-state index in [1.54, 1.807) is 48.5 Å². The summed E-state index contributed by atoms with van der Waals surface area (Å²) in [4.78, 5) is 40.0. The summed E-state index contributed by atoms with van der Waals surface area (Å²) in [7, 11) is 0. The minimum Gasteiger partial charge on any atom is -0.461 e. The van der Waals surface area contributed by atoms with Gasteiger partial charge in [-0.15, -0.1) is 0 Å². The van der Waals surface area contributed by atoms with Crippen LogP contribution in [0.4, 0.5) is 9.59 Å². The molecular weight excluding hydrogens is 362 g/mol. The Morgan fingerprint density at radius 1 is 1.04 bits per heavy atom. The summed E-state index contributed by atoms with van der Waals surface area (Å²) in [6, 6.07) is 0. The topological polar surface area (TPSA) is 115 Å². The number of alkyl carbamates (subject to hydrolysis) is 1. The van der Waals surface area contributed by atoms with E-state index < -0.39 is 40.4 Å². The van der Waals surface area contributed by atoms with Crippen LogP contribution in [0.3, 0.4) is 0 Å². The lowest BCUT2D eigenvalue weighted by molar-refractivity contribution is -0.138. The van der Waals surface area contributed by atoms with Gasteiger partial charge in [-0.05, 0) is 48.5 Å². The first-order valence-corrected chi connectivity index (χ1v) is 9.48. The molecule has 0 fully saturated rings. The Balaban J connectivity index is 2.91. The van der Waals surface area contributed by atoms with E-state index >= 15 is 0 Å². The molecule has 0 aromatic rings. The Labute approximate surface area is 156 Å². The summed E-state index contributed by atoms with van der Waals surface area (Å²) >= 11 is -1.61. The van der Waals surface area contributed by atoms with Crippen molar-refractivity contribution in [3.8, 4) is 0 Å². The third kappa shape index (κ3) is 7.77. The van der Waals surface area contributed by atoms with Gasteiger partial charge in [-0.1, -0.05) is 11.1 Å². The molecule has 0 aromatic carbocycles. The van der Waals surface area contributed by atoms with E-state index in [4.69, 9.17) is 14.2 Å². The average molecular weight is 389 g/mol. The van der Waals surface area contributed by atoms with Crippen molar-refractivity contribution in [3.63, 3.8) is 0 Å². The molecule has 1 rings (SSSR count). The molecule has 9 nitrogen and oxygen atoms in total. The number of nitrogens with one attached hydrogen (secondary N) is 2. The van der Waals surface area contributed by atoms with Gasteiger partial charge < -0.3 is 14.2 Å². The first-order valence-electron chi connectivity index (χ1n) is 8.07. The molecule has 2 amide bonds. The van der Waals surface area contributed by atoms with Crippen molar-refractivity contribution >= 4 is 34.4 Å². The van der Waals surface area contributed by atoms with Gasteiger partial charge in [0.05, 0.1) is 6.61 Å². The van der Waals surface area contributed by atoms with E-state index in [9.17, 15) is 14.4 Å². The van der Waals surface area contributed by atoms with Gasteiger partial charge in [0, 0.05) is 5.41 Å². The lowest BCUT2D eigenvalue weighted by Crippen LogP contribution is -2.39. The molecule has 10 heteroatoms. The lowest BCUT2D eigenvalue weighted by atomic mass is 10.2. The Bertz CT molecular complexity index is 631. The molecule has 0 bridgehead atoms. The predicted octanol–water partition coefficient (Wildman–Crippen LogP) is 2.73. The zero-order chi connectivity index (χ0) is 20.1. The van der Waals surface area contributed by atoms with Crippen LogP contribution < -0.4 is 10.0 Å². The lowest BCUT2D eigenvalue weighted by Gasteiger charge is -2.24. The third-order valence-corrected chi connectivity index (χ3v) is 4.01. The molecule has 0 saturated carbocycles. The van der Waals surface area contributed by atoms with Crippen molar-refractivity contribution in [1.82, 2.24) is 10.0 Å². The van der Waals surface area contributed by atoms with Gasteiger partial charge >= 0.3 is 18.2 Å². The number of hydrogen-bond donors (Lipinski definition) is 3. The van der Waals surface area contributed by atoms with E-state index in [-0.39, 0.29) is 17.5 Å². The van der Waals surface area contributed by atoms with Gasteiger partial charge in [0.2, 0.25) is 0 Å². The zero-order valence-corrected chi connectivity index (χ0v) is 17.0. The van der Waals surface area contributed by atoms with E-state index in [1.165, 1.54) is 5.41 Å². The highest BCUT2D eigenvalue weighted by Gasteiger charge is 2.28. The number of amidine groups is 1. The van der Waals surface area contributed by atoms with Crippen molar-refractivity contribution in [2.24, 2.45) is 4.99 Å². The number of amides is 2. The molecule has 0 aromatic heterocycles. The molecule has 0 aliphatic carbocycles. The van der Waals surface area contributed by atoms with Crippen molar-refractivity contribution < 1.29 is 28.6 Å². The van der Waals surface area contributed by atoms with Crippen molar-refractivity contribution in [1.29, 1.82) is 0 Å². The maximum absolute atomic E-state index is 12.0. The second kappa shape index (κ2) is 8.43. The van der Waals surface area contributed by atoms with Gasteiger partial charge in [-0.25, -0.2) is 19.4 Å². The Hall–Kier alpha value is -2.23. The minimum absolute atomic E-state index is 0.0000726. The molecular formula is C16H27N3O6S. The molecule has 1 unspecified atom stereocenters. The molecule has 1 aliphatic rings. The van der Waals surface area contributed by atoms with Gasteiger partial charge in [0.25, 0.3) is 0 Å². The standard InChI is InChI=1S/C16H27N3O6S/c1-8-23-11(20)10-9-26(19-14(22)25-16(5,6)7)12(17-10)18-13(21)24-15(2,3)4/h9,26H,8H2,1-7H3,(H,19,22)(H,17,18,21). The highest BCUT2D eigenvalue weighted by atomic mass is 32.2. The van der Waals surface area contributed by atoms with Crippen LogP contribution in [0.1, 0.15) is 48.5 Å². The fraction of sp³-hybridized carbons (Fsp3) is 0.625. The summed E-state index contributed by atoms with van der Waals surface area (Å²) < 4.78 is 17.9. The van der Waals surface area contributed by atoms with Crippen molar-refractivity contribution in [3.05, 3.63) is 11.1 Å². The van der Waals surface area contributed by atoms with Crippen LogP contribution in [0.25, 0.3) is 0 Å². The van der Waals surface area contributed by atoms with Crippen LogP contribution in [0.15, 0.2) is 16.1 Å². The van der Waals surface area contributed by atoms with Gasteiger partial charge in [0.1, 0.15) is 11.2 Å². The maximum atomic E-state index is 12.0. The van der Waals surface area contributed by atoms with Crippen molar-refractivity contribution in [2.75, 3.05) is 6.61 Å². The number of aliphatic imine (C=N–C) groups is 1. The number of rotatable bonds is 3. The summed E-state index contributed by atoms with van der Waals surface area (Å²) in [5.41, 5.74) is -1.40. The molecule has 1 heterocycles. The average Bonchev–Trinajstić information content (AvgIpc) is 2.77. The number of carbonyl (C=O) groups excluding carboxylic acids is 3. The molecule has 1 aliphatic heterocycles. The molecule has 2 N–H and O–H groups in total. The smallest absolute Gasteiger partial charge is 0.416 e. The Morgan fingerprint density at radius 2 is 1.58 bits per heavy atom. The van der Waals surface area contributed by atoms with Crippen LogP contribution >= 0.6 is 11.1 Å². The molecule has 26 heavy (non-hydrogen) atoms. The van der Waals surface area contributed by atoms with E-state index in [1.807, 2.05) is 0 Å². The predicted molar refractivity (Wildman–Crippen MR) is 99.9 cm³/mol. The first kappa shape index (κ1) is 21.8. The number of thiol groups is 1. The molecule has 0 saturated heterocycles. The number of carbonyl (C=O) groups is 3. The van der Waals surface area contributed by atoms with Crippen LogP contribution in [0, 0.1) is 0 Å². The van der Waals surface area contributed by atoms with Gasteiger partial charge in [-0.3, -0.25) is 10.0 Å². The zero-order valence-electron chi connectivity index (χ0n) is 16.1. The summed E-state index contributed by atoms with van der Waals surface area (Å²) in [6.45, 7) is 12.2. The fourth-order valence-electron chi connectivity index (χ4n) is 1.65. The number of ether oxygens (including phenoxy) is 3. The molecule has 0 spiro atoms. The Kier molecular flexibility index (Phi) is 7.08. The van der Waals surface area contributed by atoms with Crippen LogP contribution in [0.2, 0.25) is 0 Å². The monoisotopic (exact) mass is 389 g/mol. The largest absolute Gasteiger partial charge is 0.461 e. The highest BCUT2D eigenvalue weighted by molar-refractivity contribution is 8.31. The van der Waals surface area contributed by atoms with Gasteiger partial charge in [0.15, 0.2) is 10.9 Å². The Morgan fingerprint density at radius 3 is 2.08 bits per heavy atom. The van der Waals surface area contributed by atoms with Crippen LogP contribution in [-0.4, -0.2) is 41.1 Å². The number of nitrogens with zero attached hydrogens (tertiary/aromatic N) is 1. The van der Waals surface area contributed by atoms with Crippen LogP contribution in [0.5, 0.6) is 0 Å². The van der Waals surface area contributed by atoms with E-state index in [2.05, 4.69) is 15.0 Å². The van der Waals surface area contributed by atoms with E-state index in [0.29, 0.717) is 0 Å². The number of esters is 1. The SMILES string of the molecule is CCOC(=O)C1=C[SH](NC(=O)OC(C)(C)C)C(NC(=O)OC(C)(C)C)=N1. The molecule has 1 atom stereocenters. The summed E-state index contributed by atoms with van der Waals surface area (Å²) in [5.74, 6) is -0.646. The first-order chi connectivity index (χ1) is 11.8. The highest BCUT2D eigenvalue weighted by Crippen LogP contribution is 2.33. The third-order valence-electron chi connectivity index (χ3n) is 2.41. The summed E-state index contributed by atoms with van der Waals surface area (Å²) in [5, 5.41) is 4.00. The fourth-order valence-corrected chi connectivity index (χ4v) is 3.02. The number of hydrogen-bond acceptors (Lipinski definition) is 7. The molecule has 0 radical (unpaired) electrons. The normalized spacial score (nSPS) is 18.3.